The van der Waals surface area contributed by atoms with E-state index in [4.69, 9.17) is 0 Å². The molecule has 0 radical (unpaired) electrons. The minimum Gasteiger partial charge on any atom is -0.338 e. The molecule has 120 valence electrons. The zero-order valence-electron chi connectivity index (χ0n) is 13.5. The van der Waals surface area contributed by atoms with Gasteiger partial charge in [0.25, 0.3) is 0 Å². The van der Waals surface area contributed by atoms with E-state index >= 15 is 0 Å². The highest BCUT2D eigenvalue weighted by Gasteiger charge is 2.36. The Balaban J connectivity index is 1.41. The van der Waals surface area contributed by atoms with Crippen LogP contribution in [0, 0.1) is 0 Å². The van der Waals surface area contributed by atoms with Crippen LogP contribution in [0.4, 0.5) is 4.79 Å². The van der Waals surface area contributed by atoms with Crippen LogP contribution in [0.3, 0.4) is 0 Å². The molecule has 0 aliphatic carbocycles. The first-order chi connectivity index (χ1) is 10.8. The van der Waals surface area contributed by atoms with Crippen LogP contribution in [0.5, 0.6) is 0 Å². The highest BCUT2D eigenvalue weighted by atomic mass is 16.2. The molecule has 0 spiro atoms. The van der Waals surface area contributed by atoms with E-state index in [9.17, 15) is 4.79 Å². The van der Waals surface area contributed by atoms with Crippen molar-refractivity contribution >= 4 is 6.03 Å². The molecule has 0 unspecified atom stereocenters. The zero-order chi connectivity index (χ0) is 15.4. The Labute approximate surface area is 133 Å². The number of likely N-dealkylation sites (tertiary alicyclic amines) is 2. The molecule has 2 aliphatic rings. The van der Waals surface area contributed by atoms with Crippen molar-refractivity contribution in [3.05, 3.63) is 35.9 Å². The van der Waals surface area contributed by atoms with Crippen molar-refractivity contribution in [2.75, 3.05) is 32.7 Å². The molecule has 0 atom stereocenters. The Morgan fingerprint density at radius 1 is 1.18 bits per heavy atom. The lowest BCUT2D eigenvalue weighted by Gasteiger charge is -2.47. The van der Waals surface area contributed by atoms with Gasteiger partial charge in [-0.05, 0) is 43.8 Å². The molecule has 1 N–H and O–H groups in total. The maximum absolute atomic E-state index is 11.8. The monoisotopic (exact) mass is 301 g/mol. The summed E-state index contributed by atoms with van der Waals surface area (Å²) >= 11 is 0. The number of nitrogens with one attached hydrogen (secondary N) is 1. The van der Waals surface area contributed by atoms with E-state index in [1.165, 1.54) is 18.4 Å². The molecule has 0 saturated carbocycles. The maximum atomic E-state index is 11.8. The quantitative estimate of drug-likeness (QED) is 0.928. The summed E-state index contributed by atoms with van der Waals surface area (Å²) in [4.78, 5) is 16.4. The molecule has 2 fully saturated rings. The van der Waals surface area contributed by atoms with Crippen LogP contribution in [0.25, 0.3) is 0 Å². The van der Waals surface area contributed by atoms with Crippen molar-refractivity contribution in [1.82, 2.24) is 15.1 Å². The van der Waals surface area contributed by atoms with Crippen LogP contribution in [0.15, 0.2) is 30.3 Å². The number of benzene rings is 1. The van der Waals surface area contributed by atoms with Crippen LogP contribution in [-0.2, 0) is 0 Å². The Morgan fingerprint density at radius 3 is 2.50 bits per heavy atom. The first-order valence-corrected chi connectivity index (χ1v) is 8.59. The van der Waals surface area contributed by atoms with Crippen molar-refractivity contribution in [2.24, 2.45) is 0 Å². The minimum absolute atomic E-state index is 0.109. The Morgan fingerprint density at radius 2 is 1.86 bits per heavy atom. The van der Waals surface area contributed by atoms with Gasteiger partial charge in [0, 0.05) is 25.7 Å². The van der Waals surface area contributed by atoms with E-state index in [0.717, 1.165) is 39.1 Å². The van der Waals surface area contributed by atoms with Gasteiger partial charge < -0.3 is 10.2 Å². The summed E-state index contributed by atoms with van der Waals surface area (Å²) in [6.07, 6.45) is 3.47. The lowest BCUT2D eigenvalue weighted by Crippen LogP contribution is -2.63. The van der Waals surface area contributed by atoms with Gasteiger partial charge in [-0.25, -0.2) is 4.79 Å². The summed E-state index contributed by atoms with van der Waals surface area (Å²) in [6.45, 7) is 6.97. The van der Waals surface area contributed by atoms with Gasteiger partial charge in [-0.2, -0.15) is 0 Å². The van der Waals surface area contributed by atoms with E-state index in [-0.39, 0.29) is 6.03 Å². The molecule has 3 rings (SSSR count). The standard InChI is InChI=1S/C18H27N3O/c1-2-10-19-18(22)21-13-17(14-21)20-11-8-16(9-12-20)15-6-4-3-5-7-15/h3-7,16-17H,2,8-14H2,1H3,(H,19,22). The van der Waals surface area contributed by atoms with Gasteiger partial charge in [-0.1, -0.05) is 37.3 Å². The van der Waals surface area contributed by atoms with Crippen molar-refractivity contribution in [3.63, 3.8) is 0 Å². The number of piperidine rings is 1. The Hall–Kier alpha value is -1.55. The molecule has 2 saturated heterocycles. The molecule has 0 bridgehead atoms. The van der Waals surface area contributed by atoms with Crippen molar-refractivity contribution in [3.8, 4) is 0 Å². The summed E-state index contributed by atoms with van der Waals surface area (Å²) in [5.41, 5.74) is 1.48. The first kappa shape index (κ1) is 15.3. The largest absolute Gasteiger partial charge is 0.338 e. The third-order valence-corrected chi connectivity index (χ3v) is 4.99. The van der Waals surface area contributed by atoms with Crippen LogP contribution in [0.1, 0.15) is 37.7 Å². The summed E-state index contributed by atoms with van der Waals surface area (Å²) in [5, 5.41) is 2.95. The second-order valence-electron chi connectivity index (χ2n) is 6.51. The number of carbonyl (C=O) groups excluding carboxylic acids is 1. The smallest absolute Gasteiger partial charge is 0.317 e. The van der Waals surface area contributed by atoms with Gasteiger partial charge in [0.05, 0.1) is 0 Å². The molecule has 0 aromatic heterocycles. The molecule has 4 heteroatoms. The minimum atomic E-state index is 0.109. The number of hydrogen-bond acceptors (Lipinski definition) is 2. The number of nitrogens with zero attached hydrogens (tertiary/aromatic N) is 2. The van der Waals surface area contributed by atoms with E-state index in [0.29, 0.717) is 12.0 Å². The van der Waals surface area contributed by atoms with Crippen molar-refractivity contribution < 1.29 is 4.79 Å². The summed E-state index contributed by atoms with van der Waals surface area (Å²) < 4.78 is 0. The molecule has 1 aromatic carbocycles. The van der Waals surface area contributed by atoms with Crippen molar-refractivity contribution in [2.45, 2.75) is 38.1 Å². The highest BCUT2D eigenvalue weighted by Crippen LogP contribution is 2.30. The van der Waals surface area contributed by atoms with Gasteiger partial charge in [0.1, 0.15) is 0 Å². The van der Waals surface area contributed by atoms with E-state index < -0.39 is 0 Å². The summed E-state index contributed by atoms with van der Waals surface area (Å²) in [7, 11) is 0. The van der Waals surface area contributed by atoms with E-state index in [1.807, 2.05) is 4.90 Å². The number of amides is 2. The molecule has 1 aromatic rings. The number of rotatable bonds is 4. The molecule has 2 amide bonds. The fourth-order valence-corrected chi connectivity index (χ4v) is 3.52. The normalized spacial score (nSPS) is 20.7. The molecule has 22 heavy (non-hydrogen) atoms. The number of urea groups is 1. The molecule has 2 aliphatic heterocycles. The lowest BCUT2D eigenvalue weighted by molar-refractivity contribution is 0.0414. The average molecular weight is 301 g/mol. The number of carbonyl (C=O) groups is 1. The van der Waals surface area contributed by atoms with E-state index in [2.05, 4.69) is 47.5 Å². The predicted octanol–water partition coefficient (Wildman–Crippen LogP) is 2.67. The van der Waals surface area contributed by atoms with Crippen LogP contribution in [0.2, 0.25) is 0 Å². The predicted molar refractivity (Wildman–Crippen MR) is 89.0 cm³/mol. The van der Waals surface area contributed by atoms with Crippen LogP contribution in [-0.4, -0.2) is 54.6 Å². The molecule has 2 heterocycles. The average Bonchev–Trinajstić information content (AvgIpc) is 2.53. The van der Waals surface area contributed by atoms with Gasteiger partial charge in [-0.3, -0.25) is 4.90 Å². The Kier molecular flexibility index (Phi) is 4.98. The molecular formula is C18H27N3O. The molecule has 4 nitrogen and oxygen atoms in total. The lowest BCUT2D eigenvalue weighted by atomic mass is 9.88. The summed E-state index contributed by atoms with van der Waals surface area (Å²) in [6, 6.07) is 11.6. The van der Waals surface area contributed by atoms with E-state index in [1.54, 1.807) is 0 Å². The van der Waals surface area contributed by atoms with Gasteiger partial charge in [0.15, 0.2) is 0 Å². The van der Waals surface area contributed by atoms with Crippen LogP contribution < -0.4 is 5.32 Å². The van der Waals surface area contributed by atoms with Crippen molar-refractivity contribution in [1.29, 1.82) is 0 Å². The maximum Gasteiger partial charge on any atom is 0.317 e. The second-order valence-corrected chi connectivity index (χ2v) is 6.51. The fraction of sp³-hybridized carbons (Fsp3) is 0.611. The zero-order valence-corrected chi connectivity index (χ0v) is 13.5. The van der Waals surface area contributed by atoms with Crippen LogP contribution >= 0.6 is 0 Å². The SMILES string of the molecule is CCCNC(=O)N1CC(N2CCC(c3ccccc3)CC2)C1. The summed E-state index contributed by atoms with van der Waals surface area (Å²) in [5.74, 6) is 0.710. The fourth-order valence-electron chi connectivity index (χ4n) is 3.52. The Bertz CT molecular complexity index is 476. The highest BCUT2D eigenvalue weighted by molar-refractivity contribution is 5.75. The van der Waals surface area contributed by atoms with Gasteiger partial charge >= 0.3 is 6.03 Å². The second kappa shape index (κ2) is 7.14. The molecular weight excluding hydrogens is 274 g/mol. The third kappa shape index (κ3) is 3.43. The number of hydrogen-bond donors (Lipinski definition) is 1. The third-order valence-electron chi connectivity index (χ3n) is 4.99. The topological polar surface area (TPSA) is 35.6 Å². The van der Waals surface area contributed by atoms with Gasteiger partial charge in [-0.15, -0.1) is 0 Å². The van der Waals surface area contributed by atoms with Gasteiger partial charge in [0.2, 0.25) is 0 Å². The first-order valence-electron chi connectivity index (χ1n) is 8.59.